The molecule has 1 fully saturated rings. The van der Waals surface area contributed by atoms with E-state index in [2.05, 4.69) is 4.98 Å². The zero-order valence-electron chi connectivity index (χ0n) is 15.5. The van der Waals surface area contributed by atoms with Crippen LogP contribution >= 0.6 is 0 Å². The van der Waals surface area contributed by atoms with Crippen LogP contribution in [0.4, 0.5) is 4.79 Å². The largest absolute Gasteiger partial charge is 0.444 e. The van der Waals surface area contributed by atoms with Crippen LogP contribution in [0.25, 0.3) is 11.3 Å². The number of carbonyl (C=O) groups is 2. The first-order chi connectivity index (χ1) is 12.4. The first-order valence-corrected chi connectivity index (χ1v) is 8.94. The quantitative estimate of drug-likeness (QED) is 0.783. The van der Waals surface area contributed by atoms with Gasteiger partial charge in [0.05, 0.1) is 12.0 Å². The van der Waals surface area contributed by atoms with Gasteiger partial charge in [-0.1, -0.05) is 30.3 Å². The molecule has 0 unspecified atom stereocenters. The van der Waals surface area contributed by atoms with Crippen molar-refractivity contribution in [2.24, 2.45) is 0 Å². The van der Waals surface area contributed by atoms with Crippen LogP contribution in [0.3, 0.4) is 0 Å². The number of piperidine rings is 1. The normalized spacial score (nSPS) is 15.7. The second kappa shape index (κ2) is 7.32. The number of aromatic nitrogens is 2. The Morgan fingerprint density at radius 2 is 1.85 bits per heavy atom. The maximum Gasteiger partial charge on any atom is 0.410 e. The van der Waals surface area contributed by atoms with E-state index in [9.17, 15) is 9.59 Å². The number of benzene rings is 1. The third kappa shape index (κ3) is 3.95. The molecule has 1 saturated heterocycles. The SMILES string of the molecule is CC(C)(C)OC(=O)N1CCC(n2cnc(-c3ccccc3)c2C=O)CC1. The molecule has 0 bridgehead atoms. The molecule has 1 aromatic carbocycles. The minimum atomic E-state index is -0.493. The molecule has 2 aromatic rings. The number of hydrogen-bond acceptors (Lipinski definition) is 4. The van der Waals surface area contributed by atoms with Gasteiger partial charge >= 0.3 is 6.09 Å². The van der Waals surface area contributed by atoms with E-state index in [4.69, 9.17) is 4.74 Å². The van der Waals surface area contributed by atoms with E-state index in [0.29, 0.717) is 24.5 Å². The molecule has 3 rings (SSSR count). The van der Waals surface area contributed by atoms with Gasteiger partial charge in [-0.15, -0.1) is 0 Å². The highest BCUT2D eigenvalue weighted by Crippen LogP contribution is 2.29. The lowest BCUT2D eigenvalue weighted by Crippen LogP contribution is -2.42. The van der Waals surface area contributed by atoms with Crippen LogP contribution in [0.1, 0.15) is 50.1 Å². The third-order valence-electron chi connectivity index (χ3n) is 4.50. The Balaban J connectivity index is 1.71. The molecule has 0 aliphatic carbocycles. The zero-order valence-corrected chi connectivity index (χ0v) is 15.5. The Morgan fingerprint density at radius 1 is 1.19 bits per heavy atom. The summed E-state index contributed by atoms with van der Waals surface area (Å²) < 4.78 is 7.38. The first kappa shape index (κ1) is 18.2. The molecule has 138 valence electrons. The van der Waals surface area contributed by atoms with Crippen LogP contribution in [0.2, 0.25) is 0 Å². The van der Waals surface area contributed by atoms with Crippen LogP contribution in [-0.4, -0.2) is 45.5 Å². The van der Waals surface area contributed by atoms with Crippen molar-refractivity contribution in [1.82, 2.24) is 14.5 Å². The summed E-state index contributed by atoms with van der Waals surface area (Å²) >= 11 is 0. The molecule has 1 aliphatic heterocycles. The van der Waals surface area contributed by atoms with Crippen molar-refractivity contribution in [2.75, 3.05) is 13.1 Å². The van der Waals surface area contributed by atoms with E-state index >= 15 is 0 Å². The second-order valence-corrected chi connectivity index (χ2v) is 7.57. The van der Waals surface area contributed by atoms with Gasteiger partial charge in [0.2, 0.25) is 0 Å². The van der Waals surface area contributed by atoms with Gasteiger partial charge in [0.25, 0.3) is 0 Å². The van der Waals surface area contributed by atoms with Crippen LogP contribution < -0.4 is 0 Å². The van der Waals surface area contributed by atoms with Crippen LogP contribution in [-0.2, 0) is 4.74 Å². The number of amides is 1. The Hall–Kier alpha value is -2.63. The van der Waals surface area contributed by atoms with Crippen molar-refractivity contribution in [3.05, 3.63) is 42.4 Å². The van der Waals surface area contributed by atoms with Gasteiger partial charge < -0.3 is 14.2 Å². The molecule has 0 N–H and O–H groups in total. The standard InChI is InChI=1S/C20H25N3O3/c1-20(2,3)26-19(25)22-11-9-16(10-12-22)23-14-21-18(17(23)13-24)15-7-5-4-6-8-15/h4-8,13-14,16H,9-12H2,1-3H3. The summed E-state index contributed by atoms with van der Waals surface area (Å²) in [6.07, 6.45) is 3.87. The molecular formula is C20H25N3O3. The Kier molecular flexibility index (Phi) is 5.11. The third-order valence-corrected chi connectivity index (χ3v) is 4.50. The number of carbonyl (C=O) groups excluding carboxylic acids is 2. The number of likely N-dealkylation sites (tertiary alicyclic amines) is 1. The van der Waals surface area contributed by atoms with Crippen LogP contribution in [0.5, 0.6) is 0 Å². The molecule has 1 amide bonds. The molecule has 1 aromatic heterocycles. The van der Waals surface area contributed by atoms with Crippen molar-refractivity contribution in [3.63, 3.8) is 0 Å². The highest BCUT2D eigenvalue weighted by Gasteiger charge is 2.29. The van der Waals surface area contributed by atoms with E-state index in [1.54, 1.807) is 11.2 Å². The van der Waals surface area contributed by atoms with Crippen LogP contribution in [0.15, 0.2) is 36.7 Å². The molecule has 0 radical (unpaired) electrons. The lowest BCUT2D eigenvalue weighted by Gasteiger charge is -2.34. The summed E-state index contributed by atoms with van der Waals surface area (Å²) in [5.74, 6) is 0. The van der Waals surface area contributed by atoms with E-state index < -0.39 is 5.60 Å². The topological polar surface area (TPSA) is 64.4 Å². The molecular weight excluding hydrogens is 330 g/mol. The minimum Gasteiger partial charge on any atom is -0.444 e. The van der Waals surface area contributed by atoms with E-state index in [-0.39, 0.29) is 12.1 Å². The van der Waals surface area contributed by atoms with Crippen molar-refractivity contribution in [3.8, 4) is 11.3 Å². The second-order valence-electron chi connectivity index (χ2n) is 7.57. The Bertz CT molecular complexity index is 769. The fourth-order valence-corrected chi connectivity index (χ4v) is 3.25. The van der Waals surface area contributed by atoms with Gasteiger partial charge in [-0.05, 0) is 33.6 Å². The number of rotatable bonds is 3. The first-order valence-electron chi connectivity index (χ1n) is 8.94. The lowest BCUT2D eigenvalue weighted by atomic mass is 10.0. The monoisotopic (exact) mass is 355 g/mol. The number of imidazole rings is 1. The van der Waals surface area contributed by atoms with Gasteiger partial charge in [-0.25, -0.2) is 9.78 Å². The minimum absolute atomic E-state index is 0.152. The summed E-state index contributed by atoms with van der Waals surface area (Å²) in [5.41, 5.74) is 1.73. The lowest BCUT2D eigenvalue weighted by molar-refractivity contribution is 0.0187. The predicted molar refractivity (Wildman–Crippen MR) is 99.1 cm³/mol. The Morgan fingerprint density at radius 3 is 2.42 bits per heavy atom. The van der Waals surface area contributed by atoms with Gasteiger partial charge in [-0.3, -0.25) is 4.79 Å². The maximum atomic E-state index is 12.2. The van der Waals surface area contributed by atoms with Gasteiger partial charge in [0, 0.05) is 24.7 Å². The van der Waals surface area contributed by atoms with Gasteiger partial charge in [0.1, 0.15) is 11.3 Å². The Labute approximate surface area is 153 Å². The summed E-state index contributed by atoms with van der Waals surface area (Å²) in [7, 11) is 0. The maximum absolute atomic E-state index is 12.2. The predicted octanol–water partition coefficient (Wildman–Crippen LogP) is 3.93. The van der Waals surface area contributed by atoms with E-state index in [1.807, 2.05) is 55.7 Å². The smallest absolute Gasteiger partial charge is 0.410 e. The summed E-state index contributed by atoms with van der Waals surface area (Å²) in [6.45, 7) is 6.81. The molecule has 26 heavy (non-hydrogen) atoms. The molecule has 0 saturated carbocycles. The molecule has 0 spiro atoms. The molecule has 2 heterocycles. The van der Waals surface area contributed by atoms with E-state index in [1.165, 1.54) is 0 Å². The van der Waals surface area contributed by atoms with Gasteiger partial charge in [-0.2, -0.15) is 0 Å². The number of nitrogens with zero attached hydrogens (tertiary/aromatic N) is 3. The van der Waals surface area contributed by atoms with Crippen molar-refractivity contribution >= 4 is 12.4 Å². The average molecular weight is 355 g/mol. The molecule has 6 heteroatoms. The zero-order chi connectivity index (χ0) is 18.7. The van der Waals surface area contributed by atoms with Gasteiger partial charge in [0.15, 0.2) is 6.29 Å². The number of ether oxygens (including phenoxy) is 1. The van der Waals surface area contributed by atoms with Crippen LogP contribution in [0, 0.1) is 0 Å². The summed E-state index contributed by atoms with van der Waals surface area (Å²) in [5, 5.41) is 0. The molecule has 1 aliphatic rings. The average Bonchev–Trinajstić information content (AvgIpc) is 3.05. The number of aldehydes is 1. The highest BCUT2D eigenvalue weighted by molar-refractivity contribution is 5.83. The highest BCUT2D eigenvalue weighted by atomic mass is 16.6. The van der Waals surface area contributed by atoms with Crippen molar-refractivity contribution in [1.29, 1.82) is 0 Å². The van der Waals surface area contributed by atoms with E-state index in [0.717, 1.165) is 24.7 Å². The fourth-order valence-electron chi connectivity index (χ4n) is 3.25. The fraction of sp³-hybridized carbons (Fsp3) is 0.450. The summed E-state index contributed by atoms with van der Waals surface area (Å²) in [6, 6.07) is 9.85. The summed E-state index contributed by atoms with van der Waals surface area (Å²) in [4.78, 5) is 30.1. The molecule has 0 atom stereocenters. The van der Waals surface area contributed by atoms with Crippen molar-refractivity contribution < 1.29 is 14.3 Å². The number of hydrogen-bond donors (Lipinski definition) is 0. The molecule has 6 nitrogen and oxygen atoms in total. The van der Waals surface area contributed by atoms with Crippen molar-refractivity contribution in [2.45, 2.75) is 45.3 Å².